The summed E-state index contributed by atoms with van der Waals surface area (Å²) < 4.78 is 24.0. The van der Waals surface area contributed by atoms with Gasteiger partial charge in [-0.25, -0.2) is 9.86 Å². The van der Waals surface area contributed by atoms with Gasteiger partial charge < -0.3 is 0 Å². The van der Waals surface area contributed by atoms with E-state index in [1.807, 2.05) is 31.2 Å². The zero-order valence-corrected chi connectivity index (χ0v) is 11.2. The first-order valence-electron chi connectivity index (χ1n) is 5.08. The number of benzene rings is 1. The van der Waals surface area contributed by atoms with Crippen LogP contribution in [0, 0.1) is 0 Å². The van der Waals surface area contributed by atoms with Crippen molar-refractivity contribution in [1.82, 2.24) is 4.72 Å². The van der Waals surface area contributed by atoms with E-state index in [4.69, 9.17) is 5.14 Å². The van der Waals surface area contributed by atoms with E-state index >= 15 is 0 Å². The normalized spacial score (nSPS) is 13.3. The monoisotopic (exact) mass is 272 g/mol. The second-order valence-electron chi connectivity index (χ2n) is 3.62. The summed E-state index contributed by atoms with van der Waals surface area (Å²) in [6, 6.07) is 7.82. The third kappa shape index (κ3) is 4.91. The fourth-order valence-electron chi connectivity index (χ4n) is 1.44. The molecule has 4 nitrogen and oxygen atoms in total. The summed E-state index contributed by atoms with van der Waals surface area (Å²) in [5, 5.41) is 6.65. The third-order valence-corrected chi connectivity index (χ3v) is 3.61. The highest BCUT2D eigenvalue weighted by molar-refractivity contribution is 8.02. The van der Waals surface area contributed by atoms with Gasteiger partial charge in [0, 0.05) is 11.4 Å². The molecular weight excluding hydrogens is 256 g/mol. The predicted octanol–water partition coefficient (Wildman–Crippen LogP) is 1.82. The Kier molecular flexibility index (Phi) is 5.20. The Morgan fingerprint density at radius 3 is 2.76 bits per heavy atom. The summed E-state index contributed by atoms with van der Waals surface area (Å²) in [6.45, 7) is 5.90. The maximum Gasteiger partial charge on any atom is 0.274 e. The van der Waals surface area contributed by atoms with E-state index in [1.165, 1.54) is 11.8 Å². The van der Waals surface area contributed by atoms with Gasteiger partial charge in [-0.15, -0.1) is 0 Å². The van der Waals surface area contributed by atoms with Gasteiger partial charge in [-0.05, 0) is 23.0 Å². The Labute approximate surface area is 106 Å². The lowest BCUT2D eigenvalue weighted by Gasteiger charge is -2.15. The second kappa shape index (κ2) is 6.20. The molecule has 1 unspecified atom stereocenters. The van der Waals surface area contributed by atoms with Gasteiger partial charge in [0.05, 0.1) is 0 Å². The number of hydrogen-bond donors (Lipinski definition) is 2. The molecule has 0 aromatic heterocycles. The van der Waals surface area contributed by atoms with E-state index in [2.05, 4.69) is 11.3 Å². The molecule has 0 saturated carbocycles. The van der Waals surface area contributed by atoms with Gasteiger partial charge >= 0.3 is 0 Å². The molecule has 0 radical (unpaired) electrons. The van der Waals surface area contributed by atoms with Gasteiger partial charge in [0.2, 0.25) is 0 Å². The highest BCUT2D eigenvalue weighted by Gasteiger charge is 2.12. The lowest BCUT2D eigenvalue weighted by atomic mass is 10.0. The van der Waals surface area contributed by atoms with Crippen molar-refractivity contribution in [1.29, 1.82) is 0 Å². The van der Waals surface area contributed by atoms with Crippen LogP contribution < -0.4 is 9.86 Å². The molecule has 0 aliphatic heterocycles. The number of rotatable bonds is 6. The molecule has 0 aliphatic rings. The lowest BCUT2D eigenvalue weighted by molar-refractivity contribution is 0.576. The molecule has 0 heterocycles. The molecule has 0 spiro atoms. The van der Waals surface area contributed by atoms with Crippen LogP contribution in [0.15, 0.2) is 41.1 Å². The van der Waals surface area contributed by atoms with Crippen molar-refractivity contribution in [3.8, 4) is 0 Å². The van der Waals surface area contributed by atoms with Crippen molar-refractivity contribution in [2.75, 3.05) is 6.54 Å². The Morgan fingerprint density at radius 2 is 2.18 bits per heavy atom. The Bertz CT molecular complexity index is 486. The van der Waals surface area contributed by atoms with Crippen LogP contribution in [0.4, 0.5) is 0 Å². The standard InChI is InChI=1S/C11H16N2O2S2/c1-3-16-11-7-5-4-6-10(11)9(2)8-13-17(12,14)15/h3-7,9,13H,1,8H2,2H3,(H2,12,14,15). The number of nitrogens with one attached hydrogen (secondary N) is 1. The molecule has 1 aromatic carbocycles. The van der Waals surface area contributed by atoms with Crippen LogP contribution in [0.2, 0.25) is 0 Å². The van der Waals surface area contributed by atoms with E-state index in [0.29, 0.717) is 0 Å². The van der Waals surface area contributed by atoms with Crippen LogP contribution >= 0.6 is 11.8 Å². The summed E-state index contributed by atoms with van der Waals surface area (Å²) in [4.78, 5) is 1.08. The third-order valence-electron chi connectivity index (χ3n) is 2.25. The summed E-state index contributed by atoms with van der Waals surface area (Å²) >= 11 is 1.52. The molecule has 6 heteroatoms. The topological polar surface area (TPSA) is 72.2 Å². The van der Waals surface area contributed by atoms with E-state index in [1.54, 1.807) is 5.41 Å². The smallest absolute Gasteiger partial charge is 0.216 e. The molecule has 0 saturated heterocycles. The fourth-order valence-corrected chi connectivity index (χ4v) is 2.66. The van der Waals surface area contributed by atoms with Crippen molar-refractivity contribution in [3.63, 3.8) is 0 Å². The molecule has 0 amide bonds. The van der Waals surface area contributed by atoms with Gasteiger partial charge in [0.15, 0.2) is 0 Å². The number of thioether (sulfide) groups is 1. The molecule has 1 atom stereocenters. The van der Waals surface area contributed by atoms with Crippen molar-refractivity contribution >= 4 is 22.0 Å². The van der Waals surface area contributed by atoms with Gasteiger partial charge in [0.25, 0.3) is 10.2 Å². The molecule has 94 valence electrons. The first-order chi connectivity index (χ1) is 7.94. The van der Waals surface area contributed by atoms with Crippen molar-refractivity contribution in [2.24, 2.45) is 5.14 Å². The van der Waals surface area contributed by atoms with Crippen LogP contribution in [-0.2, 0) is 10.2 Å². The zero-order chi connectivity index (χ0) is 12.9. The van der Waals surface area contributed by atoms with Crippen LogP contribution in [0.1, 0.15) is 18.4 Å². The van der Waals surface area contributed by atoms with E-state index in [9.17, 15) is 8.42 Å². The first-order valence-corrected chi connectivity index (χ1v) is 7.50. The van der Waals surface area contributed by atoms with Gasteiger partial charge in [0.1, 0.15) is 0 Å². The SMILES string of the molecule is C=CSc1ccccc1C(C)CNS(N)(=O)=O. The molecule has 1 aromatic rings. The number of hydrogen-bond acceptors (Lipinski definition) is 3. The highest BCUT2D eigenvalue weighted by atomic mass is 32.2. The van der Waals surface area contributed by atoms with Crippen molar-refractivity contribution < 1.29 is 8.42 Å². The van der Waals surface area contributed by atoms with E-state index < -0.39 is 10.2 Å². The average molecular weight is 272 g/mol. The van der Waals surface area contributed by atoms with Crippen LogP contribution in [0.25, 0.3) is 0 Å². The molecule has 0 fully saturated rings. The summed E-state index contributed by atoms with van der Waals surface area (Å²) in [5.41, 5.74) is 1.08. The molecule has 0 aliphatic carbocycles. The summed E-state index contributed by atoms with van der Waals surface area (Å²) in [7, 11) is -3.63. The number of nitrogens with two attached hydrogens (primary N) is 1. The summed E-state index contributed by atoms with van der Waals surface area (Å²) in [5.74, 6) is 0.0528. The van der Waals surface area contributed by atoms with Crippen LogP contribution in [0.5, 0.6) is 0 Å². The largest absolute Gasteiger partial charge is 0.274 e. The summed E-state index contributed by atoms with van der Waals surface area (Å²) in [6.07, 6.45) is 0. The van der Waals surface area contributed by atoms with Crippen molar-refractivity contribution in [2.45, 2.75) is 17.7 Å². The fraction of sp³-hybridized carbons (Fsp3) is 0.273. The first kappa shape index (κ1) is 14.2. The predicted molar refractivity (Wildman–Crippen MR) is 72.0 cm³/mol. The molecule has 17 heavy (non-hydrogen) atoms. The highest BCUT2D eigenvalue weighted by Crippen LogP contribution is 2.28. The van der Waals surface area contributed by atoms with Crippen LogP contribution in [0.3, 0.4) is 0 Å². The van der Waals surface area contributed by atoms with Gasteiger partial charge in [-0.3, -0.25) is 0 Å². The Hall–Kier alpha value is -0.820. The van der Waals surface area contributed by atoms with Gasteiger partial charge in [-0.1, -0.05) is 43.5 Å². The minimum Gasteiger partial charge on any atom is -0.216 e. The van der Waals surface area contributed by atoms with Crippen molar-refractivity contribution in [3.05, 3.63) is 41.8 Å². The minimum atomic E-state index is -3.63. The Morgan fingerprint density at radius 1 is 1.53 bits per heavy atom. The maximum absolute atomic E-state index is 10.8. The van der Waals surface area contributed by atoms with E-state index in [0.717, 1.165) is 10.5 Å². The average Bonchev–Trinajstić information content (AvgIpc) is 2.26. The molecule has 0 bridgehead atoms. The molecule has 1 rings (SSSR count). The van der Waals surface area contributed by atoms with E-state index in [-0.39, 0.29) is 12.5 Å². The lowest BCUT2D eigenvalue weighted by Crippen LogP contribution is -2.33. The minimum absolute atomic E-state index is 0.0528. The maximum atomic E-state index is 10.8. The second-order valence-corrected chi connectivity index (χ2v) is 6.00. The van der Waals surface area contributed by atoms with Gasteiger partial charge in [-0.2, -0.15) is 8.42 Å². The Balaban J connectivity index is 2.80. The zero-order valence-electron chi connectivity index (χ0n) is 9.59. The molecule has 3 N–H and O–H groups in total. The quantitative estimate of drug-likeness (QED) is 0.776. The van der Waals surface area contributed by atoms with Crippen LogP contribution in [-0.4, -0.2) is 15.0 Å². The molecular formula is C11H16N2O2S2.